The highest BCUT2D eigenvalue weighted by atomic mass is 16.1. The zero-order valence-electron chi connectivity index (χ0n) is 26.3. The maximum absolute atomic E-state index is 12.4. The number of carbonyl (C=O) groups is 3. The number of hydrogen-bond donors (Lipinski definition) is 0. The van der Waals surface area contributed by atoms with E-state index in [-0.39, 0.29) is 5.41 Å². The maximum Gasteiger partial charge on any atom is 0.155 e. The van der Waals surface area contributed by atoms with Crippen LogP contribution in [0, 0.1) is 63.1 Å². The lowest BCUT2D eigenvalue weighted by molar-refractivity contribution is -0.144. The molecule has 0 radical (unpaired) electrons. The number of allylic oxidation sites excluding steroid dienone is 4. The molecule has 3 nitrogen and oxygen atoms in total. The minimum atomic E-state index is -0.00511. The smallest absolute Gasteiger partial charge is 0.155 e. The molecule has 0 aromatic rings. The zero-order chi connectivity index (χ0) is 28.8. The molecule has 224 valence electrons. The molecular weight excluding hydrogens is 504 g/mol. The first kappa shape index (κ1) is 28.3. The fraction of sp³-hybridized carbons (Fsp3) is 0.816. The van der Waals surface area contributed by atoms with Gasteiger partial charge in [-0.2, -0.15) is 0 Å². The molecule has 0 aromatic carbocycles. The van der Waals surface area contributed by atoms with Crippen molar-refractivity contribution in [3.63, 3.8) is 0 Å². The number of carbonyl (C=O) groups excluding carboxylic acids is 3. The molecule has 0 bridgehead atoms. The molecular formula is C38H54O3. The van der Waals surface area contributed by atoms with Gasteiger partial charge in [-0.05, 0) is 141 Å². The van der Waals surface area contributed by atoms with Crippen LogP contribution >= 0.6 is 0 Å². The van der Waals surface area contributed by atoms with E-state index in [1.807, 2.05) is 6.08 Å². The Labute approximate surface area is 248 Å². The Bertz CT molecular complexity index is 1190. The highest BCUT2D eigenvalue weighted by Crippen LogP contribution is 2.66. The lowest BCUT2D eigenvalue weighted by Gasteiger charge is -2.59. The van der Waals surface area contributed by atoms with Crippen LogP contribution in [0.1, 0.15) is 130 Å². The first-order chi connectivity index (χ1) is 19.5. The van der Waals surface area contributed by atoms with Crippen LogP contribution in [-0.2, 0) is 14.4 Å². The van der Waals surface area contributed by atoms with Gasteiger partial charge in [0.15, 0.2) is 5.78 Å². The maximum atomic E-state index is 12.4. The van der Waals surface area contributed by atoms with Crippen LogP contribution < -0.4 is 0 Å². The Balaban J connectivity index is 0.000000135. The van der Waals surface area contributed by atoms with Crippen LogP contribution in [0.2, 0.25) is 0 Å². The van der Waals surface area contributed by atoms with Crippen LogP contribution in [0.3, 0.4) is 0 Å². The molecule has 0 N–H and O–H groups in total. The van der Waals surface area contributed by atoms with E-state index in [2.05, 4.69) is 39.8 Å². The molecule has 8 aliphatic carbocycles. The quantitative estimate of drug-likeness (QED) is 0.279. The van der Waals surface area contributed by atoms with Gasteiger partial charge in [-0.1, -0.05) is 45.4 Å². The van der Waals surface area contributed by atoms with Crippen LogP contribution in [-0.4, -0.2) is 17.3 Å². The van der Waals surface area contributed by atoms with Crippen molar-refractivity contribution in [2.45, 2.75) is 130 Å². The molecule has 8 rings (SSSR count). The molecule has 0 saturated heterocycles. The van der Waals surface area contributed by atoms with Gasteiger partial charge in [0.05, 0.1) is 0 Å². The van der Waals surface area contributed by atoms with Gasteiger partial charge in [0.25, 0.3) is 0 Å². The van der Waals surface area contributed by atoms with Crippen LogP contribution in [0.25, 0.3) is 0 Å². The molecule has 11 atom stereocenters. The molecule has 41 heavy (non-hydrogen) atoms. The van der Waals surface area contributed by atoms with E-state index >= 15 is 0 Å². The fourth-order valence-electron chi connectivity index (χ4n) is 12.9. The van der Waals surface area contributed by atoms with Crippen LogP contribution in [0.4, 0.5) is 0 Å². The van der Waals surface area contributed by atoms with Gasteiger partial charge in [0.1, 0.15) is 11.6 Å². The zero-order valence-corrected chi connectivity index (χ0v) is 26.3. The summed E-state index contributed by atoms with van der Waals surface area (Å²) in [5.41, 5.74) is 2.67. The van der Waals surface area contributed by atoms with Crippen LogP contribution in [0.5, 0.6) is 0 Å². The van der Waals surface area contributed by atoms with E-state index in [1.165, 1.54) is 56.9 Å². The van der Waals surface area contributed by atoms with E-state index < -0.39 is 0 Å². The van der Waals surface area contributed by atoms with Crippen molar-refractivity contribution >= 4 is 17.3 Å². The van der Waals surface area contributed by atoms with Crippen molar-refractivity contribution < 1.29 is 14.4 Å². The molecule has 0 amide bonds. The van der Waals surface area contributed by atoms with Crippen molar-refractivity contribution in [3.05, 3.63) is 23.8 Å². The summed E-state index contributed by atoms with van der Waals surface area (Å²) >= 11 is 0. The second-order valence-electron chi connectivity index (χ2n) is 17.0. The van der Waals surface area contributed by atoms with Crippen molar-refractivity contribution in [1.29, 1.82) is 0 Å². The monoisotopic (exact) mass is 558 g/mol. The van der Waals surface area contributed by atoms with Gasteiger partial charge in [-0.25, -0.2) is 0 Å². The van der Waals surface area contributed by atoms with Gasteiger partial charge < -0.3 is 0 Å². The molecule has 0 aliphatic heterocycles. The summed E-state index contributed by atoms with van der Waals surface area (Å²) in [6.45, 7) is 9.67. The Morgan fingerprint density at radius 2 is 1.41 bits per heavy atom. The Kier molecular flexibility index (Phi) is 6.72. The molecule has 0 spiro atoms. The first-order valence-corrected chi connectivity index (χ1v) is 17.4. The topological polar surface area (TPSA) is 51.2 Å². The Morgan fingerprint density at radius 1 is 0.659 bits per heavy atom. The molecule has 1 unspecified atom stereocenters. The summed E-state index contributed by atoms with van der Waals surface area (Å²) in [5.74, 6) is 6.78. The van der Waals surface area contributed by atoms with Gasteiger partial charge >= 0.3 is 0 Å². The standard InChI is InChI=1S/C19H28O2.C19H26O/c1-18-9-7-13(20)11-12(18)3-4-14-15-5-6-17(21)19(15,2)10-8-16(14)18;1-18-9-3-4-16(18)15-6-5-13-12-14(20)7-11-19(13,2)17(15)8-10-18/h12,14-16H,3-11H2,1-2H3;3,9,12,15-17H,4-8,10-11H2,1-2H3/t12?,14-,15-,16-,18-,19-;15-,16-,17-,18-,19-/m00/s1. The normalized spacial score (nSPS) is 51.7. The summed E-state index contributed by atoms with van der Waals surface area (Å²) in [5, 5.41) is 0. The van der Waals surface area contributed by atoms with E-state index in [0.29, 0.717) is 45.4 Å². The molecule has 3 heteroatoms. The fourth-order valence-corrected chi connectivity index (χ4v) is 12.9. The molecule has 0 aromatic heterocycles. The lowest BCUT2D eigenvalue weighted by atomic mass is 9.45. The second-order valence-corrected chi connectivity index (χ2v) is 17.0. The molecule has 0 heterocycles. The third-order valence-electron chi connectivity index (χ3n) is 15.5. The minimum absolute atomic E-state index is 0.00511. The van der Waals surface area contributed by atoms with E-state index in [1.54, 1.807) is 0 Å². The minimum Gasteiger partial charge on any atom is -0.300 e. The predicted molar refractivity (Wildman–Crippen MR) is 163 cm³/mol. The number of hydrogen-bond acceptors (Lipinski definition) is 3. The molecule has 6 fully saturated rings. The van der Waals surface area contributed by atoms with Gasteiger partial charge in [-0.15, -0.1) is 0 Å². The highest BCUT2D eigenvalue weighted by molar-refractivity contribution is 5.91. The summed E-state index contributed by atoms with van der Waals surface area (Å²) in [4.78, 5) is 36.0. The van der Waals surface area contributed by atoms with Crippen molar-refractivity contribution in [2.75, 3.05) is 0 Å². The number of Topliss-reactive ketones (excluding diaryl/α,β-unsaturated/α-hetero) is 2. The summed E-state index contributed by atoms with van der Waals surface area (Å²) < 4.78 is 0. The Hall–Kier alpha value is -1.51. The summed E-state index contributed by atoms with van der Waals surface area (Å²) in [6.07, 6.45) is 24.9. The Morgan fingerprint density at radius 3 is 2.24 bits per heavy atom. The summed E-state index contributed by atoms with van der Waals surface area (Å²) in [7, 11) is 0. The van der Waals surface area contributed by atoms with E-state index in [4.69, 9.17) is 0 Å². The highest BCUT2D eigenvalue weighted by Gasteiger charge is 2.60. The van der Waals surface area contributed by atoms with Crippen molar-refractivity contribution in [2.24, 2.45) is 63.1 Å². The van der Waals surface area contributed by atoms with E-state index in [9.17, 15) is 14.4 Å². The van der Waals surface area contributed by atoms with Crippen LogP contribution in [0.15, 0.2) is 23.8 Å². The predicted octanol–water partition coefficient (Wildman–Crippen LogP) is 8.85. The first-order valence-electron chi connectivity index (χ1n) is 17.4. The van der Waals surface area contributed by atoms with Crippen molar-refractivity contribution in [3.8, 4) is 0 Å². The number of rotatable bonds is 0. The van der Waals surface area contributed by atoms with Crippen molar-refractivity contribution in [1.82, 2.24) is 0 Å². The SMILES string of the molecule is C[C@@]12C=CC[C@H]1[C@@H]1CCC3=CC(=O)CC[C@]3(C)[C@H]1CC2.C[C@]12CCC(=O)CC1CC[C@@H]1[C@@H]2CC[C@]2(C)C(=O)CC[C@@H]12. The average molecular weight is 559 g/mol. The largest absolute Gasteiger partial charge is 0.300 e. The summed E-state index contributed by atoms with van der Waals surface area (Å²) in [6, 6.07) is 0. The number of ketones is 3. The van der Waals surface area contributed by atoms with Gasteiger partial charge in [0.2, 0.25) is 0 Å². The van der Waals surface area contributed by atoms with Gasteiger partial charge in [-0.3, -0.25) is 14.4 Å². The third kappa shape index (κ3) is 4.20. The number of fused-ring (bicyclic) bond motifs is 10. The van der Waals surface area contributed by atoms with Gasteiger partial charge in [0, 0.05) is 31.1 Å². The lowest BCUT2D eigenvalue weighted by Crippen LogP contribution is -2.53. The van der Waals surface area contributed by atoms with E-state index in [0.717, 1.165) is 81.0 Å². The molecule has 6 saturated carbocycles. The average Bonchev–Trinajstić information content (AvgIpc) is 3.49. The molecule has 8 aliphatic rings. The second kappa shape index (κ2) is 9.75. The third-order valence-corrected chi connectivity index (χ3v) is 15.5.